The van der Waals surface area contributed by atoms with E-state index < -0.39 is 18.5 Å². The lowest BCUT2D eigenvalue weighted by molar-refractivity contribution is -0.147. The van der Waals surface area contributed by atoms with Crippen molar-refractivity contribution in [1.29, 1.82) is 0 Å². The van der Waals surface area contributed by atoms with Gasteiger partial charge in [0.05, 0.1) is 19.2 Å². The molecule has 8 heteroatoms. The first-order valence-corrected chi connectivity index (χ1v) is 7.87. The van der Waals surface area contributed by atoms with Gasteiger partial charge in [-0.3, -0.25) is 14.4 Å². The predicted octanol–water partition coefficient (Wildman–Crippen LogP) is 0.866. The van der Waals surface area contributed by atoms with E-state index in [4.69, 9.17) is 9.15 Å². The highest BCUT2D eigenvalue weighted by molar-refractivity contribution is 5.88. The van der Waals surface area contributed by atoms with E-state index in [1.165, 1.54) is 18.4 Å². The predicted molar refractivity (Wildman–Crippen MR) is 88.9 cm³/mol. The number of rotatable bonds is 8. The highest BCUT2D eigenvalue weighted by Crippen LogP contribution is 2.25. The second-order valence-electron chi connectivity index (χ2n) is 5.41. The Morgan fingerprint density at radius 2 is 2.00 bits per heavy atom. The molecule has 1 aromatic heterocycles. The highest BCUT2D eigenvalue weighted by atomic mass is 16.5. The normalized spacial score (nSPS) is 10.4. The molecule has 8 nitrogen and oxygen atoms in total. The fourth-order valence-corrected chi connectivity index (χ4v) is 2.12. The summed E-state index contributed by atoms with van der Waals surface area (Å²) in [5, 5.41) is 15.0. The largest absolute Gasteiger partial charge is 0.508 e. The van der Waals surface area contributed by atoms with Crippen LogP contribution in [0.5, 0.6) is 5.75 Å². The van der Waals surface area contributed by atoms with Crippen molar-refractivity contribution >= 4 is 28.8 Å². The number of nitrogens with one attached hydrogen (secondary N) is 2. The number of hydrogen-bond acceptors (Lipinski definition) is 6. The van der Waals surface area contributed by atoms with E-state index in [1.807, 2.05) is 6.92 Å². The lowest BCUT2D eigenvalue weighted by Crippen LogP contribution is -2.39. The van der Waals surface area contributed by atoms with Crippen LogP contribution in [0.4, 0.5) is 0 Å². The fraction of sp³-hybridized carbons (Fsp3) is 0.353. The van der Waals surface area contributed by atoms with E-state index >= 15 is 0 Å². The van der Waals surface area contributed by atoms with Crippen LogP contribution < -0.4 is 10.6 Å². The van der Waals surface area contributed by atoms with Gasteiger partial charge < -0.3 is 24.9 Å². The Labute approximate surface area is 144 Å². The Hall–Kier alpha value is -3.03. The number of amides is 2. The van der Waals surface area contributed by atoms with Crippen LogP contribution in [0, 0.1) is 0 Å². The molecule has 0 saturated heterocycles. The Morgan fingerprint density at radius 3 is 2.76 bits per heavy atom. The number of furan rings is 1. The lowest BCUT2D eigenvalue weighted by Gasteiger charge is -2.07. The quantitative estimate of drug-likeness (QED) is 0.609. The standard InChI is InChI=1S/C17H20N2O6/c1-2-5-18-15(21)8-19-16(22)10-25-17(23)6-11-9-24-14-7-12(20)3-4-13(11)14/h3-4,7,9,20H,2,5-6,8,10H2,1H3,(H,18,21)(H,19,22). The van der Waals surface area contributed by atoms with Crippen molar-refractivity contribution in [3.05, 3.63) is 30.0 Å². The lowest BCUT2D eigenvalue weighted by atomic mass is 10.1. The van der Waals surface area contributed by atoms with Crippen LogP contribution in [0.1, 0.15) is 18.9 Å². The molecule has 0 unspecified atom stereocenters. The number of phenolic OH excluding ortho intramolecular Hbond substituents is 1. The smallest absolute Gasteiger partial charge is 0.310 e. The average Bonchev–Trinajstić information content (AvgIpc) is 2.98. The third-order valence-electron chi connectivity index (χ3n) is 3.36. The molecule has 2 amide bonds. The maximum Gasteiger partial charge on any atom is 0.310 e. The molecular weight excluding hydrogens is 328 g/mol. The third kappa shape index (κ3) is 5.52. The number of hydrogen-bond donors (Lipinski definition) is 3. The summed E-state index contributed by atoms with van der Waals surface area (Å²) in [6, 6.07) is 4.57. The van der Waals surface area contributed by atoms with Crippen LogP contribution in [-0.2, 0) is 25.5 Å². The van der Waals surface area contributed by atoms with Crippen molar-refractivity contribution < 1.29 is 28.6 Å². The summed E-state index contributed by atoms with van der Waals surface area (Å²) in [7, 11) is 0. The van der Waals surface area contributed by atoms with Crippen molar-refractivity contribution in [2.24, 2.45) is 0 Å². The molecule has 0 saturated carbocycles. The molecule has 0 aliphatic rings. The van der Waals surface area contributed by atoms with Crippen LogP contribution in [0.25, 0.3) is 11.0 Å². The van der Waals surface area contributed by atoms with E-state index in [2.05, 4.69) is 10.6 Å². The molecular formula is C17H20N2O6. The van der Waals surface area contributed by atoms with Crippen molar-refractivity contribution in [3.8, 4) is 5.75 Å². The van der Waals surface area contributed by atoms with E-state index in [-0.39, 0.29) is 24.6 Å². The molecule has 25 heavy (non-hydrogen) atoms. The van der Waals surface area contributed by atoms with Crippen molar-refractivity contribution in [3.63, 3.8) is 0 Å². The molecule has 2 aromatic rings. The van der Waals surface area contributed by atoms with Gasteiger partial charge in [0.15, 0.2) is 6.61 Å². The van der Waals surface area contributed by atoms with Gasteiger partial charge in [-0.25, -0.2) is 0 Å². The van der Waals surface area contributed by atoms with Gasteiger partial charge in [0.2, 0.25) is 5.91 Å². The van der Waals surface area contributed by atoms with Gasteiger partial charge in [0.25, 0.3) is 5.91 Å². The Morgan fingerprint density at radius 1 is 1.20 bits per heavy atom. The van der Waals surface area contributed by atoms with Crippen molar-refractivity contribution in [1.82, 2.24) is 10.6 Å². The summed E-state index contributed by atoms with van der Waals surface area (Å²) in [4.78, 5) is 34.7. The first-order chi connectivity index (χ1) is 12.0. The van der Waals surface area contributed by atoms with Crippen LogP contribution >= 0.6 is 0 Å². The first kappa shape index (κ1) is 18.3. The zero-order valence-corrected chi connectivity index (χ0v) is 13.8. The molecule has 1 aromatic carbocycles. The number of esters is 1. The number of carbonyl (C=O) groups excluding carboxylic acids is 3. The molecule has 0 aliphatic heterocycles. The molecule has 0 atom stereocenters. The van der Waals surface area contributed by atoms with Gasteiger partial charge in [-0.2, -0.15) is 0 Å². The second-order valence-corrected chi connectivity index (χ2v) is 5.41. The molecule has 2 rings (SSSR count). The summed E-state index contributed by atoms with van der Waals surface area (Å²) < 4.78 is 10.2. The average molecular weight is 348 g/mol. The molecule has 3 N–H and O–H groups in total. The van der Waals surface area contributed by atoms with Gasteiger partial charge >= 0.3 is 5.97 Å². The van der Waals surface area contributed by atoms with E-state index in [0.717, 1.165) is 6.42 Å². The number of phenols is 1. The molecule has 0 aliphatic carbocycles. The molecule has 134 valence electrons. The van der Waals surface area contributed by atoms with E-state index in [1.54, 1.807) is 6.07 Å². The van der Waals surface area contributed by atoms with Gasteiger partial charge in [-0.1, -0.05) is 6.92 Å². The van der Waals surface area contributed by atoms with Crippen molar-refractivity contribution in [2.45, 2.75) is 19.8 Å². The Bertz CT molecular complexity index is 768. The second kappa shape index (κ2) is 8.72. The van der Waals surface area contributed by atoms with E-state index in [9.17, 15) is 19.5 Å². The summed E-state index contributed by atoms with van der Waals surface area (Å²) in [5.41, 5.74) is 1.05. The Kier molecular flexibility index (Phi) is 6.39. The minimum Gasteiger partial charge on any atom is -0.508 e. The summed E-state index contributed by atoms with van der Waals surface area (Å²) in [6.07, 6.45) is 2.14. The summed E-state index contributed by atoms with van der Waals surface area (Å²) in [6.45, 7) is 1.84. The summed E-state index contributed by atoms with van der Waals surface area (Å²) in [5.74, 6) is -1.38. The number of ether oxygens (including phenoxy) is 1. The fourth-order valence-electron chi connectivity index (χ4n) is 2.12. The first-order valence-electron chi connectivity index (χ1n) is 7.87. The van der Waals surface area contributed by atoms with Crippen LogP contribution in [0.2, 0.25) is 0 Å². The van der Waals surface area contributed by atoms with Gasteiger partial charge in [0.1, 0.15) is 11.3 Å². The zero-order chi connectivity index (χ0) is 18.2. The zero-order valence-electron chi connectivity index (χ0n) is 13.8. The van der Waals surface area contributed by atoms with Crippen LogP contribution in [-0.4, -0.2) is 42.6 Å². The minimum atomic E-state index is -0.596. The Balaban J connectivity index is 1.76. The number of carbonyl (C=O) groups is 3. The molecule has 0 spiro atoms. The third-order valence-corrected chi connectivity index (χ3v) is 3.36. The number of benzene rings is 1. The van der Waals surface area contributed by atoms with Crippen LogP contribution in [0.15, 0.2) is 28.9 Å². The monoisotopic (exact) mass is 348 g/mol. The topological polar surface area (TPSA) is 118 Å². The maximum absolute atomic E-state index is 11.8. The number of aromatic hydroxyl groups is 1. The molecule has 0 radical (unpaired) electrons. The highest BCUT2D eigenvalue weighted by Gasteiger charge is 2.13. The van der Waals surface area contributed by atoms with Gasteiger partial charge in [0, 0.05) is 23.6 Å². The molecule has 0 fully saturated rings. The van der Waals surface area contributed by atoms with E-state index in [0.29, 0.717) is 23.1 Å². The molecule has 1 heterocycles. The summed E-state index contributed by atoms with van der Waals surface area (Å²) >= 11 is 0. The van der Waals surface area contributed by atoms with Crippen LogP contribution in [0.3, 0.4) is 0 Å². The minimum absolute atomic E-state index is 0.0654. The van der Waals surface area contributed by atoms with Gasteiger partial charge in [-0.15, -0.1) is 0 Å². The number of fused-ring (bicyclic) bond motifs is 1. The maximum atomic E-state index is 11.8. The SMILES string of the molecule is CCCNC(=O)CNC(=O)COC(=O)Cc1coc2cc(O)ccc12. The molecule has 0 bridgehead atoms. The van der Waals surface area contributed by atoms with Gasteiger partial charge in [-0.05, 0) is 18.6 Å². The van der Waals surface area contributed by atoms with Crippen molar-refractivity contribution in [2.75, 3.05) is 19.7 Å².